The van der Waals surface area contributed by atoms with Gasteiger partial charge in [0.05, 0.1) is 11.1 Å². The molecule has 0 aromatic heterocycles. The largest absolute Gasteiger partial charge is 0.334 e. The molecule has 2 fully saturated rings. The predicted octanol–water partition coefficient (Wildman–Crippen LogP) is 18.1. The maximum Gasteiger partial charge on any atom is 0.0518 e. The fraction of sp³-hybridized carbons (Fsp3) is 0.212. The number of fused-ring (bicyclic) bond motifs is 6. The van der Waals surface area contributed by atoms with E-state index >= 15 is 0 Å². The Labute approximate surface area is 400 Å². The van der Waals surface area contributed by atoms with Crippen molar-refractivity contribution in [3.63, 3.8) is 0 Å². The van der Waals surface area contributed by atoms with E-state index in [0.29, 0.717) is 23.7 Å². The van der Waals surface area contributed by atoms with E-state index in [1.165, 1.54) is 136 Å². The quantitative estimate of drug-likeness (QED) is 0.154. The molecule has 68 heavy (non-hydrogen) atoms. The summed E-state index contributed by atoms with van der Waals surface area (Å²) in [7, 11) is 0. The molecule has 0 saturated heterocycles. The van der Waals surface area contributed by atoms with Crippen LogP contribution in [0.1, 0.15) is 76.3 Å². The van der Waals surface area contributed by atoms with Gasteiger partial charge in [-0.3, -0.25) is 0 Å². The Morgan fingerprint density at radius 1 is 0.353 bits per heavy atom. The third-order valence-electron chi connectivity index (χ3n) is 18.2. The smallest absolute Gasteiger partial charge is 0.0518 e. The summed E-state index contributed by atoms with van der Waals surface area (Å²) in [4.78, 5) is 5.37. The van der Waals surface area contributed by atoms with Gasteiger partial charge in [0, 0.05) is 34.6 Å². The molecular formula is C66H56N2. The van der Waals surface area contributed by atoms with Crippen LogP contribution in [0.2, 0.25) is 0 Å². The second-order valence-corrected chi connectivity index (χ2v) is 21.1. The van der Waals surface area contributed by atoms with Crippen LogP contribution in [-0.2, 0) is 0 Å². The third kappa shape index (κ3) is 5.40. The Kier molecular flexibility index (Phi) is 8.62. The van der Waals surface area contributed by atoms with Crippen molar-refractivity contribution in [2.45, 2.75) is 76.3 Å². The topological polar surface area (TPSA) is 6.48 Å². The Morgan fingerprint density at radius 3 is 1.06 bits per heavy atom. The van der Waals surface area contributed by atoms with Crippen LogP contribution in [0, 0.1) is 11.8 Å². The number of para-hydroxylation sites is 2. The van der Waals surface area contributed by atoms with E-state index in [1.807, 2.05) is 0 Å². The van der Waals surface area contributed by atoms with Crippen LogP contribution >= 0.6 is 0 Å². The number of nitrogens with zero attached hydrogens (tertiary/aromatic N) is 2. The van der Waals surface area contributed by atoms with Gasteiger partial charge in [-0.25, -0.2) is 0 Å². The first-order valence-electron chi connectivity index (χ1n) is 25.2. The summed E-state index contributed by atoms with van der Waals surface area (Å²) in [5.41, 5.74) is 18.6. The minimum Gasteiger partial charge on any atom is -0.334 e. The monoisotopic (exact) mass is 876 g/mol. The molecule has 2 aliphatic carbocycles. The van der Waals surface area contributed by atoms with Crippen LogP contribution in [0.5, 0.6) is 0 Å². The van der Waals surface area contributed by atoms with Gasteiger partial charge in [-0.1, -0.05) is 147 Å². The Hall–Kier alpha value is -7.16. The lowest BCUT2D eigenvalue weighted by molar-refractivity contribution is 0.355. The maximum absolute atomic E-state index is 2.69. The number of rotatable bonds is 6. The molecule has 6 atom stereocenters. The highest BCUT2D eigenvalue weighted by atomic mass is 15.3. The van der Waals surface area contributed by atoms with Crippen LogP contribution in [-0.4, -0.2) is 11.1 Å². The normalized spacial score (nSPS) is 23.7. The van der Waals surface area contributed by atoms with Gasteiger partial charge in [-0.05, 0) is 200 Å². The molecule has 14 rings (SSSR count). The molecule has 0 bridgehead atoms. The lowest BCUT2D eigenvalue weighted by Gasteiger charge is -2.41. The lowest BCUT2D eigenvalue weighted by atomic mass is 9.80. The van der Waals surface area contributed by atoms with Crippen LogP contribution in [0.3, 0.4) is 0 Å². The fourth-order valence-electron chi connectivity index (χ4n) is 14.5. The highest BCUT2D eigenvalue weighted by molar-refractivity contribution is 6.32. The van der Waals surface area contributed by atoms with E-state index < -0.39 is 0 Å². The lowest BCUT2D eigenvalue weighted by Crippen LogP contribution is -2.45. The van der Waals surface area contributed by atoms with Gasteiger partial charge < -0.3 is 9.80 Å². The van der Waals surface area contributed by atoms with Gasteiger partial charge in [0.2, 0.25) is 0 Å². The second kappa shape index (κ2) is 14.7. The van der Waals surface area contributed by atoms with Crippen LogP contribution in [0.25, 0.3) is 76.8 Å². The minimum absolute atomic E-state index is 0.0242. The molecule has 0 radical (unpaired) electrons. The molecule has 0 N–H and O–H groups in total. The third-order valence-corrected chi connectivity index (χ3v) is 18.2. The Bertz CT molecular complexity index is 3360. The fourth-order valence-corrected chi connectivity index (χ4v) is 14.5. The second-order valence-electron chi connectivity index (χ2n) is 21.1. The van der Waals surface area contributed by atoms with Crippen molar-refractivity contribution in [2.24, 2.45) is 11.8 Å². The SMILES string of the molecule is CC1CCC2c3cc(-c4cc(-c5ccccc5)c5ccc6c(-c7ccc8c(c7)C7CCC(C)C7(C)N8c7ccccc7)cc(-c7ccccc7)c7ccc4c5c76)ccc3N(c3ccccc3)C12C. The molecule has 2 heteroatoms. The molecule has 2 heterocycles. The van der Waals surface area contributed by atoms with E-state index in [9.17, 15) is 0 Å². The summed E-state index contributed by atoms with van der Waals surface area (Å²) >= 11 is 0. The highest BCUT2D eigenvalue weighted by Crippen LogP contribution is 2.63. The van der Waals surface area contributed by atoms with E-state index in [1.54, 1.807) is 0 Å². The molecule has 2 nitrogen and oxygen atoms in total. The molecule has 10 aromatic rings. The van der Waals surface area contributed by atoms with Gasteiger partial charge in [0.15, 0.2) is 0 Å². The predicted molar refractivity (Wildman–Crippen MR) is 288 cm³/mol. The molecule has 0 amide bonds. The highest BCUT2D eigenvalue weighted by Gasteiger charge is 2.56. The molecule has 10 aromatic carbocycles. The van der Waals surface area contributed by atoms with Crippen LogP contribution in [0.15, 0.2) is 194 Å². The number of hydrogen-bond acceptors (Lipinski definition) is 2. The molecular weight excluding hydrogens is 821 g/mol. The molecule has 2 saturated carbocycles. The van der Waals surface area contributed by atoms with E-state index in [2.05, 4.69) is 232 Å². The van der Waals surface area contributed by atoms with E-state index in [4.69, 9.17) is 0 Å². The van der Waals surface area contributed by atoms with Crippen LogP contribution < -0.4 is 9.80 Å². The molecule has 0 spiro atoms. The summed E-state index contributed by atoms with van der Waals surface area (Å²) in [5, 5.41) is 7.96. The first-order chi connectivity index (χ1) is 33.3. The summed E-state index contributed by atoms with van der Waals surface area (Å²) in [6.45, 7) is 10.0. The average Bonchev–Trinajstić information content (AvgIpc) is 4.04. The Balaban J connectivity index is 1.03. The average molecular weight is 877 g/mol. The summed E-state index contributed by atoms with van der Waals surface area (Å²) < 4.78 is 0. The standard InChI is InChI=1S/C66H56N2/c1-41-25-33-59-57-37-45(27-35-61(57)67(65(41,59)3)47-21-13-7-14-22-47)55-39-53(43-17-9-5-10-18-43)49-30-32-52-56(40-54(44-19-11-6-12-20-44)50-29-31-51(55)63(49)64(50)52)46-28-36-62-58(38-46)60-34-26-42(2)66(60,4)68(62)48-23-15-8-16-24-48/h5-24,27-32,35-42,59-60H,25-26,33-34H2,1-4H3. The zero-order valence-electron chi connectivity index (χ0n) is 39.5. The molecule has 330 valence electrons. The van der Waals surface area contributed by atoms with E-state index in [-0.39, 0.29) is 11.1 Å². The van der Waals surface area contributed by atoms with Gasteiger partial charge in [-0.15, -0.1) is 0 Å². The van der Waals surface area contributed by atoms with Gasteiger partial charge in [0.25, 0.3) is 0 Å². The summed E-state index contributed by atoms with van der Waals surface area (Å²) in [6.07, 6.45) is 4.90. The minimum atomic E-state index is 0.0242. The maximum atomic E-state index is 2.69. The van der Waals surface area contributed by atoms with Crippen LogP contribution in [0.4, 0.5) is 22.7 Å². The van der Waals surface area contributed by atoms with Crippen molar-refractivity contribution in [2.75, 3.05) is 9.80 Å². The number of anilines is 4. The van der Waals surface area contributed by atoms with Gasteiger partial charge in [0.1, 0.15) is 0 Å². The first kappa shape index (κ1) is 40.0. The van der Waals surface area contributed by atoms with Gasteiger partial charge >= 0.3 is 0 Å². The van der Waals surface area contributed by atoms with Crippen molar-refractivity contribution < 1.29 is 0 Å². The van der Waals surface area contributed by atoms with Crippen molar-refractivity contribution in [1.82, 2.24) is 0 Å². The number of hydrogen-bond donors (Lipinski definition) is 0. The summed E-state index contributed by atoms with van der Waals surface area (Å²) in [6, 6.07) is 74.2. The van der Waals surface area contributed by atoms with E-state index in [0.717, 1.165) is 0 Å². The van der Waals surface area contributed by atoms with Crippen molar-refractivity contribution in [3.05, 3.63) is 205 Å². The van der Waals surface area contributed by atoms with Crippen molar-refractivity contribution in [3.8, 4) is 44.5 Å². The number of benzene rings is 10. The van der Waals surface area contributed by atoms with Crippen molar-refractivity contribution in [1.29, 1.82) is 0 Å². The van der Waals surface area contributed by atoms with Crippen molar-refractivity contribution >= 4 is 55.1 Å². The zero-order chi connectivity index (χ0) is 45.5. The Morgan fingerprint density at radius 2 is 0.691 bits per heavy atom. The molecule has 4 aliphatic rings. The zero-order valence-corrected chi connectivity index (χ0v) is 39.5. The summed E-state index contributed by atoms with van der Waals surface area (Å²) in [5.74, 6) is 2.09. The van der Waals surface area contributed by atoms with Gasteiger partial charge in [-0.2, -0.15) is 0 Å². The molecule has 6 unspecified atom stereocenters. The first-order valence-corrected chi connectivity index (χ1v) is 25.2. The molecule has 2 aliphatic heterocycles.